The van der Waals surface area contributed by atoms with E-state index in [1.807, 2.05) is 0 Å². The summed E-state index contributed by atoms with van der Waals surface area (Å²) in [6.07, 6.45) is 0.953. The minimum Gasteiger partial charge on any atom is -0.496 e. The average molecular weight is 283 g/mol. The van der Waals surface area contributed by atoms with Gasteiger partial charge in [-0.2, -0.15) is 0 Å². The minimum atomic E-state index is 0.346. The number of aryl methyl sites for hydroxylation is 3. The second-order valence-electron chi connectivity index (χ2n) is 5.70. The van der Waals surface area contributed by atoms with Crippen LogP contribution in [0.15, 0.2) is 36.4 Å². The largest absolute Gasteiger partial charge is 0.496 e. The number of rotatable bonds is 5. The summed E-state index contributed by atoms with van der Waals surface area (Å²) in [6.45, 7) is 7.08. The Morgan fingerprint density at radius 3 is 2.05 bits per heavy atom. The van der Waals surface area contributed by atoms with Crippen LogP contribution in [0.4, 0.5) is 0 Å². The van der Waals surface area contributed by atoms with Crippen LogP contribution < -0.4 is 10.5 Å². The lowest BCUT2D eigenvalue weighted by molar-refractivity contribution is 0.411. The summed E-state index contributed by atoms with van der Waals surface area (Å²) in [4.78, 5) is 0. The topological polar surface area (TPSA) is 35.2 Å². The number of methoxy groups -OCH3 is 1. The predicted octanol–water partition coefficient (Wildman–Crippen LogP) is 4.10. The highest BCUT2D eigenvalue weighted by Crippen LogP contribution is 2.31. The molecule has 0 aliphatic heterocycles. The quantitative estimate of drug-likeness (QED) is 0.896. The van der Waals surface area contributed by atoms with Gasteiger partial charge < -0.3 is 10.5 Å². The van der Waals surface area contributed by atoms with Gasteiger partial charge in [0.15, 0.2) is 0 Å². The normalized spacial score (nSPS) is 12.2. The van der Waals surface area contributed by atoms with E-state index >= 15 is 0 Å². The number of hydrogen-bond acceptors (Lipinski definition) is 2. The molecule has 0 aromatic heterocycles. The van der Waals surface area contributed by atoms with Gasteiger partial charge in [-0.1, -0.05) is 30.3 Å². The van der Waals surface area contributed by atoms with Gasteiger partial charge in [0.1, 0.15) is 5.75 Å². The van der Waals surface area contributed by atoms with E-state index in [-0.39, 0.29) is 0 Å². The molecule has 0 aliphatic carbocycles. The van der Waals surface area contributed by atoms with E-state index in [0.29, 0.717) is 12.5 Å². The zero-order valence-electron chi connectivity index (χ0n) is 13.4. The van der Waals surface area contributed by atoms with E-state index in [0.717, 1.165) is 12.2 Å². The third kappa shape index (κ3) is 3.45. The van der Waals surface area contributed by atoms with Gasteiger partial charge in [-0.05, 0) is 67.6 Å². The summed E-state index contributed by atoms with van der Waals surface area (Å²) in [5, 5.41) is 0. The standard InChI is InChI=1S/C19H25NO/c1-13-5-6-16(11-14(13)2)18(9-10-20)17-7-8-19(21-4)15(3)12-17/h5-8,11-12,18H,9-10,20H2,1-4H3. The van der Waals surface area contributed by atoms with Crippen molar-refractivity contribution in [3.63, 3.8) is 0 Å². The molecule has 112 valence electrons. The Hall–Kier alpha value is -1.80. The molecule has 0 amide bonds. The Morgan fingerprint density at radius 1 is 0.905 bits per heavy atom. The summed E-state index contributed by atoms with van der Waals surface area (Å²) in [6, 6.07) is 13.1. The fourth-order valence-corrected chi connectivity index (χ4v) is 2.79. The molecule has 0 saturated carbocycles. The Bertz CT molecular complexity index is 619. The van der Waals surface area contributed by atoms with Crippen LogP contribution in [-0.2, 0) is 0 Å². The molecule has 0 bridgehead atoms. The first-order chi connectivity index (χ1) is 10.1. The van der Waals surface area contributed by atoms with Gasteiger partial charge in [-0.25, -0.2) is 0 Å². The lowest BCUT2D eigenvalue weighted by atomic mass is 9.86. The lowest BCUT2D eigenvalue weighted by Crippen LogP contribution is -2.09. The van der Waals surface area contributed by atoms with Crippen molar-refractivity contribution >= 4 is 0 Å². The average Bonchev–Trinajstić information content (AvgIpc) is 2.48. The lowest BCUT2D eigenvalue weighted by Gasteiger charge is -2.20. The first kappa shape index (κ1) is 15.6. The van der Waals surface area contributed by atoms with E-state index in [9.17, 15) is 0 Å². The maximum atomic E-state index is 5.84. The molecule has 0 radical (unpaired) electrons. The van der Waals surface area contributed by atoms with Crippen molar-refractivity contribution in [2.75, 3.05) is 13.7 Å². The molecule has 2 N–H and O–H groups in total. The van der Waals surface area contributed by atoms with Crippen LogP contribution in [0, 0.1) is 20.8 Å². The van der Waals surface area contributed by atoms with Crippen LogP contribution in [-0.4, -0.2) is 13.7 Å². The third-order valence-corrected chi connectivity index (χ3v) is 4.21. The van der Waals surface area contributed by atoms with Crippen LogP contribution in [0.25, 0.3) is 0 Å². The second-order valence-corrected chi connectivity index (χ2v) is 5.70. The monoisotopic (exact) mass is 283 g/mol. The molecule has 0 heterocycles. The number of ether oxygens (including phenoxy) is 1. The van der Waals surface area contributed by atoms with Crippen LogP contribution in [0.2, 0.25) is 0 Å². The molecule has 0 saturated heterocycles. The van der Waals surface area contributed by atoms with Crippen LogP contribution >= 0.6 is 0 Å². The molecule has 2 heteroatoms. The Balaban J connectivity index is 2.42. The molecule has 2 nitrogen and oxygen atoms in total. The van der Waals surface area contributed by atoms with Gasteiger partial charge in [0.2, 0.25) is 0 Å². The first-order valence-electron chi connectivity index (χ1n) is 7.48. The highest BCUT2D eigenvalue weighted by molar-refractivity contribution is 5.42. The zero-order chi connectivity index (χ0) is 15.4. The van der Waals surface area contributed by atoms with E-state index in [4.69, 9.17) is 10.5 Å². The van der Waals surface area contributed by atoms with E-state index < -0.39 is 0 Å². The molecule has 21 heavy (non-hydrogen) atoms. The molecule has 2 rings (SSSR count). The number of nitrogens with two attached hydrogens (primary N) is 1. The smallest absolute Gasteiger partial charge is 0.121 e. The molecule has 0 fully saturated rings. The Morgan fingerprint density at radius 2 is 1.52 bits per heavy atom. The highest BCUT2D eigenvalue weighted by atomic mass is 16.5. The first-order valence-corrected chi connectivity index (χ1v) is 7.48. The van der Waals surface area contributed by atoms with Crippen molar-refractivity contribution in [1.29, 1.82) is 0 Å². The maximum Gasteiger partial charge on any atom is 0.121 e. The minimum absolute atomic E-state index is 0.346. The van der Waals surface area contributed by atoms with Crippen molar-refractivity contribution in [2.45, 2.75) is 33.1 Å². The maximum absolute atomic E-state index is 5.84. The molecule has 2 aromatic rings. The summed E-state index contributed by atoms with van der Waals surface area (Å²) < 4.78 is 5.36. The van der Waals surface area contributed by atoms with Gasteiger partial charge >= 0.3 is 0 Å². The highest BCUT2D eigenvalue weighted by Gasteiger charge is 2.15. The summed E-state index contributed by atoms with van der Waals surface area (Å²) in [5.74, 6) is 1.28. The van der Waals surface area contributed by atoms with Crippen molar-refractivity contribution in [3.05, 3.63) is 64.2 Å². The molecule has 0 aliphatic rings. The van der Waals surface area contributed by atoms with Gasteiger partial charge in [-0.3, -0.25) is 0 Å². The van der Waals surface area contributed by atoms with E-state index in [1.165, 1.54) is 27.8 Å². The van der Waals surface area contributed by atoms with Crippen LogP contribution in [0.5, 0.6) is 5.75 Å². The van der Waals surface area contributed by atoms with Crippen molar-refractivity contribution < 1.29 is 4.74 Å². The van der Waals surface area contributed by atoms with Crippen LogP contribution in [0.1, 0.15) is 40.2 Å². The Labute approximate surface area is 127 Å². The zero-order valence-corrected chi connectivity index (χ0v) is 13.4. The second kappa shape index (κ2) is 6.77. The Kier molecular flexibility index (Phi) is 5.03. The van der Waals surface area contributed by atoms with Gasteiger partial charge in [0.05, 0.1) is 7.11 Å². The van der Waals surface area contributed by atoms with Crippen molar-refractivity contribution in [3.8, 4) is 5.75 Å². The van der Waals surface area contributed by atoms with Crippen molar-refractivity contribution in [1.82, 2.24) is 0 Å². The van der Waals surface area contributed by atoms with Gasteiger partial charge in [0.25, 0.3) is 0 Å². The molecule has 2 aromatic carbocycles. The fraction of sp³-hybridized carbons (Fsp3) is 0.368. The van der Waals surface area contributed by atoms with Gasteiger partial charge in [0, 0.05) is 5.92 Å². The number of benzene rings is 2. The predicted molar refractivity (Wildman–Crippen MR) is 89.2 cm³/mol. The molecule has 0 spiro atoms. The SMILES string of the molecule is COc1ccc(C(CCN)c2ccc(C)c(C)c2)cc1C. The van der Waals surface area contributed by atoms with Crippen LogP contribution in [0.3, 0.4) is 0 Å². The summed E-state index contributed by atoms with van der Waals surface area (Å²) >= 11 is 0. The van der Waals surface area contributed by atoms with E-state index in [2.05, 4.69) is 57.2 Å². The third-order valence-electron chi connectivity index (χ3n) is 4.21. The summed E-state index contributed by atoms with van der Waals surface area (Å²) in [5.41, 5.74) is 12.3. The van der Waals surface area contributed by atoms with E-state index in [1.54, 1.807) is 7.11 Å². The molecule has 1 atom stereocenters. The summed E-state index contributed by atoms with van der Waals surface area (Å²) in [7, 11) is 1.71. The molecular weight excluding hydrogens is 258 g/mol. The molecular formula is C19H25NO. The van der Waals surface area contributed by atoms with Crippen molar-refractivity contribution in [2.24, 2.45) is 5.73 Å². The molecule has 1 unspecified atom stereocenters. The number of hydrogen-bond donors (Lipinski definition) is 1. The van der Waals surface area contributed by atoms with Gasteiger partial charge in [-0.15, -0.1) is 0 Å². The fourth-order valence-electron chi connectivity index (χ4n) is 2.79.